The van der Waals surface area contributed by atoms with Gasteiger partial charge in [-0.05, 0) is 34.7 Å². The minimum atomic E-state index is -3.03. The van der Waals surface area contributed by atoms with Crippen LogP contribution in [0.2, 0.25) is 0 Å². The Labute approximate surface area is 109 Å². The summed E-state index contributed by atoms with van der Waals surface area (Å²) in [5.74, 6) is -0.908. The zero-order chi connectivity index (χ0) is 13.0. The quantitative estimate of drug-likeness (QED) is 0.619. The molecular formula is C10H6F2INO3. The first kappa shape index (κ1) is 13.6. The summed E-state index contributed by atoms with van der Waals surface area (Å²) < 4.78 is 33.2. The fourth-order valence-corrected chi connectivity index (χ4v) is 1.76. The molecule has 0 amide bonds. The van der Waals surface area contributed by atoms with Crippen LogP contribution >= 0.6 is 22.6 Å². The largest absolute Gasteiger partial charge is 0.465 e. The number of carbonyl (C=O) groups excluding carboxylic acids is 1. The van der Waals surface area contributed by atoms with Crippen LogP contribution in [0.4, 0.5) is 8.78 Å². The van der Waals surface area contributed by atoms with E-state index in [1.807, 2.05) is 0 Å². The van der Waals surface area contributed by atoms with Gasteiger partial charge in [0.15, 0.2) is 0 Å². The molecule has 0 fully saturated rings. The van der Waals surface area contributed by atoms with Crippen LogP contribution in [0, 0.1) is 14.9 Å². The number of ether oxygens (including phenoxy) is 2. The molecule has 0 heterocycles. The summed E-state index contributed by atoms with van der Waals surface area (Å²) in [6, 6.07) is 4.03. The zero-order valence-electron chi connectivity index (χ0n) is 8.54. The minimum absolute atomic E-state index is 0.131. The van der Waals surface area contributed by atoms with Crippen LogP contribution < -0.4 is 4.74 Å². The van der Waals surface area contributed by atoms with Crippen molar-refractivity contribution in [1.82, 2.24) is 0 Å². The third-order valence-corrected chi connectivity index (χ3v) is 2.70. The maximum Gasteiger partial charge on any atom is 0.387 e. The molecule has 1 aromatic rings. The van der Waals surface area contributed by atoms with E-state index >= 15 is 0 Å². The predicted octanol–water partition coefficient (Wildman–Crippen LogP) is 2.55. The van der Waals surface area contributed by atoms with Crippen LogP contribution in [0.25, 0.3) is 0 Å². The summed E-state index contributed by atoms with van der Waals surface area (Å²) in [7, 11) is 1.19. The molecule has 1 rings (SSSR count). The molecule has 0 spiro atoms. The number of alkyl halides is 2. The molecule has 0 aliphatic heterocycles. The Bertz CT molecular complexity index is 485. The van der Waals surface area contributed by atoms with Crippen molar-refractivity contribution in [3.05, 3.63) is 26.8 Å². The first-order chi connectivity index (χ1) is 7.99. The first-order valence-electron chi connectivity index (χ1n) is 4.26. The summed E-state index contributed by atoms with van der Waals surface area (Å²) in [5.41, 5.74) is -0.0163. The number of rotatable bonds is 3. The van der Waals surface area contributed by atoms with Crippen LogP contribution in [0.5, 0.6) is 5.75 Å². The van der Waals surface area contributed by atoms with Crippen molar-refractivity contribution in [1.29, 1.82) is 5.26 Å². The van der Waals surface area contributed by atoms with E-state index in [4.69, 9.17) is 5.26 Å². The van der Waals surface area contributed by atoms with Crippen LogP contribution in [0.15, 0.2) is 12.1 Å². The topological polar surface area (TPSA) is 59.3 Å². The number of hydrogen-bond acceptors (Lipinski definition) is 4. The van der Waals surface area contributed by atoms with Gasteiger partial charge in [0.25, 0.3) is 0 Å². The SMILES string of the molecule is COC(=O)c1cc(C#N)c(OC(F)F)cc1I. The van der Waals surface area contributed by atoms with Crippen LogP contribution in [-0.4, -0.2) is 19.7 Å². The third-order valence-electron chi connectivity index (χ3n) is 1.81. The maximum absolute atomic E-state index is 12.1. The molecule has 0 N–H and O–H groups in total. The Kier molecular flexibility index (Phi) is 4.62. The highest BCUT2D eigenvalue weighted by Gasteiger charge is 2.17. The molecule has 17 heavy (non-hydrogen) atoms. The van der Waals surface area contributed by atoms with E-state index in [-0.39, 0.29) is 16.9 Å². The molecule has 7 heteroatoms. The van der Waals surface area contributed by atoms with E-state index < -0.39 is 12.6 Å². The van der Waals surface area contributed by atoms with E-state index in [0.717, 1.165) is 6.07 Å². The number of nitriles is 1. The van der Waals surface area contributed by atoms with E-state index in [1.165, 1.54) is 13.2 Å². The van der Waals surface area contributed by atoms with E-state index in [2.05, 4.69) is 9.47 Å². The highest BCUT2D eigenvalue weighted by atomic mass is 127. The van der Waals surface area contributed by atoms with Gasteiger partial charge < -0.3 is 9.47 Å². The summed E-state index contributed by atoms with van der Waals surface area (Å²) in [6.45, 7) is -3.03. The van der Waals surface area contributed by atoms with Gasteiger partial charge in [0.1, 0.15) is 11.8 Å². The molecule has 0 aliphatic rings. The monoisotopic (exact) mass is 353 g/mol. The Hall–Kier alpha value is -1.43. The zero-order valence-corrected chi connectivity index (χ0v) is 10.7. The highest BCUT2D eigenvalue weighted by molar-refractivity contribution is 14.1. The van der Waals surface area contributed by atoms with Gasteiger partial charge in [-0.2, -0.15) is 14.0 Å². The lowest BCUT2D eigenvalue weighted by Crippen LogP contribution is -2.08. The third kappa shape index (κ3) is 3.26. The number of carbonyl (C=O) groups is 1. The fourth-order valence-electron chi connectivity index (χ4n) is 1.10. The van der Waals surface area contributed by atoms with E-state index in [1.54, 1.807) is 28.7 Å². The molecule has 0 radical (unpaired) electrons. The molecule has 0 unspecified atom stereocenters. The second-order valence-corrected chi connectivity index (χ2v) is 3.97. The summed E-state index contributed by atoms with van der Waals surface area (Å²) >= 11 is 1.77. The molecule has 0 saturated carbocycles. The standard InChI is InChI=1S/C10H6F2INO3/c1-16-9(15)6-2-5(4-14)8(3-7(6)13)17-10(11)12/h2-3,10H,1H3. The van der Waals surface area contributed by atoms with Crippen molar-refractivity contribution in [3.63, 3.8) is 0 Å². The second kappa shape index (κ2) is 5.77. The summed E-state index contributed by atoms with van der Waals surface area (Å²) in [6.07, 6.45) is 0. The first-order valence-corrected chi connectivity index (χ1v) is 5.34. The Balaban J connectivity index is 3.25. The van der Waals surface area contributed by atoms with Gasteiger partial charge in [-0.1, -0.05) is 0 Å². The number of halogens is 3. The number of benzene rings is 1. The maximum atomic E-state index is 12.1. The van der Waals surface area contributed by atoms with Gasteiger partial charge in [0.2, 0.25) is 0 Å². The molecule has 0 aliphatic carbocycles. The van der Waals surface area contributed by atoms with Crippen molar-refractivity contribution in [3.8, 4) is 11.8 Å². The van der Waals surface area contributed by atoms with Crippen LogP contribution in [0.1, 0.15) is 15.9 Å². The van der Waals surface area contributed by atoms with Gasteiger partial charge in [-0.25, -0.2) is 4.79 Å². The minimum Gasteiger partial charge on any atom is -0.465 e. The number of hydrogen-bond donors (Lipinski definition) is 0. The molecule has 0 bridgehead atoms. The lowest BCUT2D eigenvalue weighted by molar-refractivity contribution is -0.0500. The number of methoxy groups -OCH3 is 1. The Morgan fingerprint density at radius 1 is 1.53 bits per heavy atom. The summed E-state index contributed by atoms with van der Waals surface area (Å²) in [5, 5.41) is 8.77. The molecule has 0 atom stereocenters. The predicted molar refractivity (Wildman–Crippen MR) is 61.8 cm³/mol. The average molecular weight is 353 g/mol. The number of esters is 1. The molecule has 0 saturated heterocycles. The van der Waals surface area contributed by atoms with Gasteiger partial charge in [-0.15, -0.1) is 0 Å². The number of nitrogens with zero attached hydrogens (tertiary/aromatic N) is 1. The second-order valence-electron chi connectivity index (χ2n) is 2.81. The fraction of sp³-hybridized carbons (Fsp3) is 0.200. The highest BCUT2D eigenvalue weighted by Crippen LogP contribution is 2.26. The molecule has 90 valence electrons. The van der Waals surface area contributed by atoms with Crippen molar-refractivity contribution < 1.29 is 23.0 Å². The van der Waals surface area contributed by atoms with Gasteiger partial charge in [-0.3, -0.25) is 0 Å². The smallest absolute Gasteiger partial charge is 0.387 e. The van der Waals surface area contributed by atoms with Crippen molar-refractivity contribution in [2.75, 3.05) is 7.11 Å². The molecule has 4 nitrogen and oxygen atoms in total. The lowest BCUT2D eigenvalue weighted by atomic mass is 10.1. The van der Waals surface area contributed by atoms with Crippen molar-refractivity contribution in [2.24, 2.45) is 0 Å². The lowest BCUT2D eigenvalue weighted by Gasteiger charge is -2.09. The van der Waals surface area contributed by atoms with E-state index in [0.29, 0.717) is 3.57 Å². The molecular weight excluding hydrogens is 347 g/mol. The van der Waals surface area contributed by atoms with Gasteiger partial charge in [0, 0.05) is 3.57 Å². The normalized spacial score (nSPS) is 9.88. The Morgan fingerprint density at radius 3 is 2.65 bits per heavy atom. The summed E-state index contributed by atoms with van der Waals surface area (Å²) in [4.78, 5) is 11.3. The van der Waals surface area contributed by atoms with Crippen molar-refractivity contribution in [2.45, 2.75) is 6.61 Å². The van der Waals surface area contributed by atoms with Gasteiger partial charge in [0.05, 0.1) is 18.2 Å². The van der Waals surface area contributed by atoms with Crippen LogP contribution in [0.3, 0.4) is 0 Å². The van der Waals surface area contributed by atoms with Crippen LogP contribution in [-0.2, 0) is 4.74 Å². The van der Waals surface area contributed by atoms with Gasteiger partial charge >= 0.3 is 12.6 Å². The average Bonchev–Trinajstić information content (AvgIpc) is 2.27. The van der Waals surface area contributed by atoms with Crippen molar-refractivity contribution >= 4 is 28.6 Å². The van der Waals surface area contributed by atoms with E-state index in [9.17, 15) is 13.6 Å². The molecule has 1 aromatic carbocycles. The Morgan fingerprint density at radius 2 is 2.18 bits per heavy atom. The molecule has 0 aromatic heterocycles.